The first-order valence-corrected chi connectivity index (χ1v) is 11.5. The van der Waals surface area contributed by atoms with Gasteiger partial charge in [0.15, 0.2) is 5.82 Å². The summed E-state index contributed by atoms with van der Waals surface area (Å²) in [6, 6.07) is 1.91. The van der Waals surface area contributed by atoms with Gasteiger partial charge in [-0.25, -0.2) is 9.97 Å². The average Bonchev–Trinajstić information content (AvgIpc) is 3.06. The third-order valence-electron chi connectivity index (χ3n) is 9.57. The number of fused-ring (bicyclic) bond motifs is 5. The smallest absolute Gasteiger partial charge is 0.155 e. The van der Waals surface area contributed by atoms with Crippen LogP contribution in [0.4, 0.5) is 0 Å². The Morgan fingerprint density at radius 2 is 1.93 bits per heavy atom. The van der Waals surface area contributed by atoms with Crippen molar-refractivity contribution in [1.82, 2.24) is 9.97 Å². The van der Waals surface area contributed by atoms with Crippen molar-refractivity contribution in [3.63, 3.8) is 0 Å². The van der Waals surface area contributed by atoms with Crippen molar-refractivity contribution < 1.29 is 4.79 Å². The molecule has 1 heterocycles. The molecule has 0 amide bonds. The number of nitrogens with zero attached hydrogens (tertiary/aromatic N) is 2. The molecule has 4 aliphatic carbocycles. The first-order chi connectivity index (χ1) is 13.5. The molecule has 2 unspecified atom stereocenters. The predicted molar refractivity (Wildman–Crippen MR) is 111 cm³/mol. The fourth-order valence-corrected chi connectivity index (χ4v) is 8.00. The Morgan fingerprint density at radius 3 is 2.68 bits per heavy atom. The summed E-state index contributed by atoms with van der Waals surface area (Å²) in [6.45, 7) is 7.42. The molecule has 3 heteroatoms. The normalized spacial score (nSPS) is 45.0. The highest BCUT2D eigenvalue weighted by Gasteiger charge is 2.61. The van der Waals surface area contributed by atoms with E-state index in [0.717, 1.165) is 42.8 Å². The number of ketones is 1. The molecule has 3 saturated carbocycles. The molecule has 7 atom stereocenters. The van der Waals surface area contributed by atoms with Crippen molar-refractivity contribution in [3.8, 4) is 0 Å². The second-order valence-electron chi connectivity index (χ2n) is 10.5. The highest BCUT2D eigenvalue weighted by atomic mass is 16.1. The summed E-state index contributed by atoms with van der Waals surface area (Å²) in [5.74, 6) is 5.14. The number of rotatable bonds is 2. The predicted octanol–water partition coefficient (Wildman–Crippen LogP) is 5.72. The maximum absolute atomic E-state index is 12.2. The summed E-state index contributed by atoms with van der Waals surface area (Å²) in [4.78, 5) is 21.4. The van der Waals surface area contributed by atoms with E-state index < -0.39 is 0 Å². The summed E-state index contributed by atoms with van der Waals surface area (Å²) < 4.78 is 0. The minimum atomic E-state index is 0.212. The van der Waals surface area contributed by atoms with Gasteiger partial charge in [-0.2, -0.15) is 0 Å². The molecule has 0 saturated heterocycles. The summed E-state index contributed by atoms with van der Waals surface area (Å²) in [6.07, 6.45) is 15.3. The van der Waals surface area contributed by atoms with E-state index in [-0.39, 0.29) is 5.41 Å². The summed E-state index contributed by atoms with van der Waals surface area (Å²) >= 11 is 0. The Bertz CT molecular complexity index is 802. The van der Waals surface area contributed by atoms with Crippen LogP contribution in [0.2, 0.25) is 0 Å². The van der Waals surface area contributed by atoms with Gasteiger partial charge in [0.05, 0.1) is 0 Å². The largest absolute Gasteiger partial charge is 0.300 e. The van der Waals surface area contributed by atoms with Crippen LogP contribution in [-0.4, -0.2) is 15.8 Å². The summed E-state index contributed by atoms with van der Waals surface area (Å²) in [5, 5.41) is 0. The Morgan fingerprint density at radius 1 is 1.14 bits per heavy atom. The lowest BCUT2D eigenvalue weighted by Crippen LogP contribution is -2.56. The molecule has 0 spiro atoms. The van der Waals surface area contributed by atoms with Gasteiger partial charge in [-0.15, -0.1) is 0 Å². The molecule has 3 nitrogen and oxygen atoms in total. The highest BCUT2D eigenvalue weighted by molar-refractivity contribution is 5.79. The van der Waals surface area contributed by atoms with E-state index >= 15 is 0 Å². The quantitative estimate of drug-likeness (QED) is 0.661. The van der Waals surface area contributed by atoms with Gasteiger partial charge in [-0.1, -0.05) is 33.3 Å². The molecule has 0 bridgehead atoms. The zero-order valence-electron chi connectivity index (χ0n) is 17.7. The summed E-state index contributed by atoms with van der Waals surface area (Å²) in [5.41, 5.74) is 1.98. The van der Waals surface area contributed by atoms with Crippen LogP contribution in [0.5, 0.6) is 0 Å². The fraction of sp³-hybridized carbons (Fsp3) is 0.720. The first kappa shape index (κ1) is 18.5. The lowest BCUT2D eigenvalue weighted by molar-refractivity contribution is -0.146. The van der Waals surface area contributed by atoms with E-state index in [2.05, 4.69) is 36.8 Å². The van der Waals surface area contributed by atoms with E-state index in [4.69, 9.17) is 0 Å². The molecule has 4 aliphatic rings. The summed E-state index contributed by atoms with van der Waals surface area (Å²) in [7, 11) is 0. The number of hydrogen-bond acceptors (Lipinski definition) is 3. The Labute approximate surface area is 169 Å². The Balaban J connectivity index is 1.50. The third kappa shape index (κ3) is 2.50. The minimum absolute atomic E-state index is 0.212. The number of allylic oxidation sites excluding steroid dienone is 2. The van der Waals surface area contributed by atoms with E-state index in [1.165, 1.54) is 37.7 Å². The Hall–Kier alpha value is -1.51. The van der Waals surface area contributed by atoms with Crippen LogP contribution in [0.25, 0.3) is 5.57 Å². The molecular formula is C25H34N2O. The molecule has 150 valence electrons. The molecular weight excluding hydrogens is 344 g/mol. The van der Waals surface area contributed by atoms with Crippen LogP contribution in [-0.2, 0) is 4.79 Å². The van der Waals surface area contributed by atoms with Gasteiger partial charge in [-0.05, 0) is 84.2 Å². The molecule has 28 heavy (non-hydrogen) atoms. The van der Waals surface area contributed by atoms with Gasteiger partial charge in [-0.3, -0.25) is 4.79 Å². The van der Waals surface area contributed by atoms with Crippen LogP contribution in [0.1, 0.15) is 78.0 Å². The molecule has 0 aromatic carbocycles. The van der Waals surface area contributed by atoms with Gasteiger partial charge in [0.25, 0.3) is 0 Å². The number of Topliss-reactive ketones (excluding diaryl/α,β-unsaturated/α-hetero) is 1. The van der Waals surface area contributed by atoms with Gasteiger partial charge >= 0.3 is 0 Å². The van der Waals surface area contributed by atoms with E-state index in [1.807, 2.05) is 18.5 Å². The number of carbonyl (C=O) groups excluding carboxylic acids is 1. The van der Waals surface area contributed by atoms with Crippen LogP contribution in [0, 0.1) is 40.4 Å². The van der Waals surface area contributed by atoms with Gasteiger partial charge in [0.2, 0.25) is 0 Å². The zero-order chi connectivity index (χ0) is 19.5. The van der Waals surface area contributed by atoms with Gasteiger partial charge in [0, 0.05) is 25.2 Å². The first-order valence-electron chi connectivity index (χ1n) is 11.5. The lowest BCUT2D eigenvalue weighted by Gasteiger charge is -2.62. The molecule has 5 rings (SSSR count). The van der Waals surface area contributed by atoms with Crippen molar-refractivity contribution in [1.29, 1.82) is 0 Å². The SMILES string of the molecule is CCC1CC2CC(=O)CC[C@]2(C)[C@@H]2CC[C@]3(C)C(c4ncccn4)=CC[C@H]3[C@H]12. The molecule has 0 N–H and O–H groups in total. The van der Waals surface area contributed by atoms with Crippen LogP contribution >= 0.6 is 0 Å². The van der Waals surface area contributed by atoms with Gasteiger partial charge in [0.1, 0.15) is 5.78 Å². The van der Waals surface area contributed by atoms with Crippen molar-refractivity contribution in [2.75, 3.05) is 0 Å². The van der Waals surface area contributed by atoms with Crippen LogP contribution in [0.15, 0.2) is 24.5 Å². The third-order valence-corrected chi connectivity index (χ3v) is 9.57. The molecule has 0 radical (unpaired) electrons. The minimum Gasteiger partial charge on any atom is -0.300 e. The lowest BCUT2D eigenvalue weighted by atomic mass is 9.42. The molecule has 1 aromatic rings. The van der Waals surface area contributed by atoms with Crippen molar-refractivity contribution in [2.45, 2.75) is 72.1 Å². The van der Waals surface area contributed by atoms with E-state index in [9.17, 15) is 4.79 Å². The van der Waals surface area contributed by atoms with Crippen LogP contribution in [0.3, 0.4) is 0 Å². The van der Waals surface area contributed by atoms with Crippen molar-refractivity contribution in [3.05, 3.63) is 30.4 Å². The van der Waals surface area contributed by atoms with Crippen LogP contribution < -0.4 is 0 Å². The van der Waals surface area contributed by atoms with Gasteiger partial charge < -0.3 is 0 Å². The number of hydrogen-bond donors (Lipinski definition) is 0. The van der Waals surface area contributed by atoms with Crippen molar-refractivity contribution in [2.24, 2.45) is 40.4 Å². The Kier molecular flexibility index (Phi) is 4.30. The molecule has 0 aliphatic heterocycles. The average molecular weight is 379 g/mol. The molecule has 1 aromatic heterocycles. The number of aromatic nitrogens is 2. The molecule has 3 fully saturated rings. The maximum atomic E-state index is 12.2. The zero-order valence-corrected chi connectivity index (χ0v) is 17.7. The maximum Gasteiger partial charge on any atom is 0.155 e. The highest BCUT2D eigenvalue weighted by Crippen LogP contribution is 2.68. The second kappa shape index (κ2) is 6.50. The van der Waals surface area contributed by atoms with Crippen molar-refractivity contribution >= 4 is 11.4 Å². The van der Waals surface area contributed by atoms with E-state index in [1.54, 1.807) is 0 Å². The fourth-order valence-electron chi connectivity index (χ4n) is 8.00. The monoisotopic (exact) mass is 378 g/mol. The topological polar surface area (TPSA) is 42.9 Å². The number of carbonyl (C=O) groups is 1. The standard InChI is InChI=1S/C25H34N2O/c1-4-16-14-17-15-18(28)8-10-24(17,2)20-9-11-25(3)19(22(16)20)6-7-21(25)23-26-12-5-13-27-23/h5,7,12-13,16-17,19-20,22H,4,6,8-11,14-15H2,1-3H3/t16?,17?,19-,20+,22-,24-,25-/m0/s1. The second-order valence-corrected chi connectivity index (χ2v) is 10.5. The van der Waals surface area contributed by atoms with E-state index in [0.29, 0.717) is 23.0 Å².